The lowest BCUT2D eigenvalue weighted by atomic mass is 10.2. The molecular formula is C22H34N6O4. The van der Waals surface area contributed by atoms with E-state index in [9.17, 15) is 14.9 Å². The lowest BCUT2D eigenvalue weighted by Crippen LogP contribution is -2.41. The smallest absolute Gasteiger partial charge is 0.269 e. The number of carbonyl (C=O) groups is 1. The first-order valence-corrected chi connectivity index (χ1v) is 11.5. The van der Waals surface area contributed by atoms with Gasteiger partial charge in [-0.2, -0.15) is 0 Å². The minimum atomic E-state index is -0.402. The number of guanidine groups is 1. The third-order valence-electron chi connectivity index (χ3n) is 5.68. The van der Waals surface area contributed by atoms with Crippen molar-refractivity contribution in [2.75, 3.05) is 59.0 Å². The number of non-ortho nitro benzene ring substituents is 1. The molecule has 0 aliphatic carbocycles. The topological polar surface area (TPSA) is 112 Å². The molecule has 2 heterocycles. The van der Waals surface area contributed by atoms with Crippen molar-refractivity contribution in [3.05, 3.63) is 39.9 Å². The molecule has 1 amide bonds. The van der Waals surface area contributed by atoms with Gasteiger partial charge in [0.05, 0.1) is 24.7 Å². The number of nitro groups is 1. The Morgan fingerprint density at radius 1 is 1.06 bits per heavy atom. The number of amides is 1. The van der Waals surface area contributed by atoms with Crippen molar-refractivity contribution in [1.82, 2.24) is 20.4 Å². The van der Waals surface area contributed by atoms with E-state index in [4.69, 9.17) is 4.74 Å². The van der Waals surface area contributed by atoms with Crippen LogP contribution in [0.1, 0.15) is 31.2 Å². The van der Waals surface area contributed by atoms with E-state index in [0.29, 0.717) is 13.0 Å². The molecule has 0 bridgehead atoms. The van der Waals surface area contributed by atoms with Crippen molar-refractivity contribution in [2.45, 2.75) is 32.2 Å². The Labute approximate surface area is 189 Å². The molecule has 0 spiro atoms. The van der Waals surface area contributed by atoms with Gasteiger partial charge in [0.25, 0.3) is 5.69 Å². The second-order valence-corrected chi connectivity index (χ2v) is 8.09. The molecule has 2 aliphatic heterocycles. The highest BCUT2D eigenvalue weighted by molar-refractivity contribution is 5.80. The number of nitrogens with zero attached hydrogens (tertiary/aromatic N) is 4. The largest absolute Gasteiger partial charge is 0.379 e. The molecule has 10 heteroatoms. The monoisotopic (exact) mass is 446 g/mol. The molecule has 0 radical (unpaired) electrons. The Bertz CT molecular complexity index is 764. The minimum absolute atomic E-state index is 0.0776. The third-order valence-corrected chi connectivity index (χ3v) is 5.68. The number of likely N-dealkylation sites (tertiary alicyclic amines) is 1. The molecule has 0 atom stereocenters. The molecule has 3 rings (SSSR count). The predicted octanol–water partition coefficient (Wildman–Crippen LogP) is 1.36. The molecule has 1 aromatic rings. The van der Waals surface area contributed by atoms with E-state index < -0.39 is 4.92 Å². The van der Waals surface area contributed by atoms with Gasteiger partial charge in [-0.1, -0.05) is 12.1 Å². The standard InChI is InChI=1S/C22H34N6O4/c29-21-4-1-12-27(21)13-3-10-24-22(23-9-2-11-26-14-16-32-17-15-26)25-18-19-5-7-20(8-6-19)28(30)31/h5-8H,1-4,9-18H2,(H2,23,24,25). The molecule has 0 saturated carbocycles. The molecule has 10 nitrogen and oxygen atoms in total. The molecule has 0 aromatic heterocycles. The van der Waals surface area contributed by atoms with Crippen LogP contribution in [0.3, 0.4) is 0 Å². The van der Waals surface area contributed by atoms with Crippen molar-refractivity contribution >= 4 is 17.6 Å². The van der Waals surface area contributed by atoms with Crippen LogP contribution in [0.4, 0.5) is 5.69 Å². The van der Waals surface area contributed by atoms with Gasteiger partial charge >= 0.3 is 0 Å². The summed E-state index contributed by atoms with van der Waals surface area (Å²) in [5, 5.41) is 17.6. The zero-order valence-corrected chi connectivity index (χ0v) is 18.6. The van der Waals surface area contributed by atoms with Gasteiger partial charge in [0.1, 0.15) is 0 Å². The Hall–Kier alpha value is -2.72. The van der Waals surface area contributed by atoms with Crippen LogP contribution in [0.25, 0.3) is 0 Å². The van der Waals surface area contributed by atoms with E-state index in [1.54, 1.807) is 12.1 Å². The van der Waals surface area contributed by atoms with Gasteiger partial charge in [-0.05, 0) is 31.4 Å². The quantitative estimate of drug-likeness (QED) is 0.174. The zero-order chi connectivity index (χ0) is 22.6. The lowest BCUT2D eigenvalue weighted by molar-refractivity contribution is -0.384. The van der Waals surface area contributed by atoms with E-state index in [2.05, 4.69) is 20.5 Å². The molecule has 2 N–H and O–H groups in total. The average Bonchev–Trinajstić information content (AvgIpc) is 3.22. The average molecular weight is 447 g/mol. The van der Waals surface area contributed by atoms with Gasteiger partial charge < -0.3 is 20.3 Å². The fourth-order valence-electron chi connectivity index (χ4n) is 3.82. The van der Waals surface area contributed by atoms with E-state index >= 15 is 0 Å². The highest BCUT2D eigenvalue weighted by Gasteiger charge is 2.19. The van der Waals surface area contributed by atoms with Crippen molar-refractivity contribution in [1.29, 1.82) is 0 Å². The molecule has 2 fully saturated rings. The molecule has 2 aliphatic rings. The van der Waals surface area contributed by atoms with Crippen molar-refractivity contribution in [3.8, 4) is 0 Å². The fourth-order valence-corrected chi connectivity index (χ4v) is 3.82. The number of hydrogen-bond donors (Lipinski definition) is 2. The first kappa shape index (κ1) is 23.9. The Kier molecular flexibility index (Phi) is 9.70. The number of nitrogens with one attached hydrogen (secondary N) is 2. The van der Waals surface area contributed by atoms with Crippen LogP contribution in [-0.2, 0) is 16.1 Å². The summed E-state index contributed by atoms with van der Waals surface area (Å²) < 4.78 is 5.39. The number of morpholine rings is 1. The summed E-state index contributed by atoms with van der Waals surface area (Å²) in [5.41, 5.74) is 0.987. The summed E-state index contributed by atoms with van der Waals surface area (Å²) >= 11 is 0. The summed E-state index contributed by atoms with van der Waals surface area (Å²) in [6, 6.07) is 6.47. The summed E-state index contributed by atoms with van der Waals surface area (Å²) in [6.45, 7) is 8.16. The van der Waals surface area contributed by atoms with Crippen LogP contribution in [0.5, 0.6) is 0 Å². The molecule has 2 saturated heterocycles. The fraction of sp³-hybridized carbons (Fsp3) is 0.636. The molecule has 1 aromatic carbocycles. The van der Waals surface area contributed by atoms with E-state index in [1.807, 2.05) is 4.90 Å². The summed E-state index contributed by atoms with van der Waals surface area (Å²) in [5.74, 6) is 0.969. The molecule has 176 valence electrons. The van der Waals surface area contributed by atoms with E-state index in [0.717, 1.165) is 89.8 Å². The highest BCUT2D eigenvalue weighted by atomic mass is 16.6. The van der Waals surface area contributed by atoms with Crippen LogP contribution in [0.2, 0.25) is 0 Å². The second kappa shape index (κ2) is 13.0. The molecular weight excluding hydrogens is 412 g/mol. The second-order valence-electron chi connectivity index (χ2n) is 8.09. The van der Waals surface area contributed by atoms with Gasteiger partial charge in [0.2, 0.25) is 5.91 Å². The van der Waals surface area contributed by atoms with E-state index in [1.165, 1.54) is 12.1 Å². The normalized spacial score (nSPS) is 17.6. The molecule has 0 unspecified atom stereocenters. The first-order valence-electron chi connectivity index (χ1n) is 11.5. The van der Waals surface area contributed by atoms with Gasteiger partial charge in [0, 0.05) is 57.8 Å². The van der Waals surface area contributed by atoms with Crippen molar-refractivity contribution in [2.24, 2.45) is 4.99 Å². The number of nitro benzene ring substituents is 1. The van der Waals surface area contributed by atoms with Crippen LogP contribution >= 0.6 is 0 Å². The van der Waals surface area contributed by atoms with Crippen LogP contribution in [0, 0.1) is 10.1 Å². The summed E-state index contributed by atoms with van der Waals surface area (Å²) in [7, 11) is 0. The van der Waals surface area contributed by atoms with Crippen LogP contribution in [0.15, 0.2) is 29.3 Å². The predicted molar refractivity (Wildman–Crippen MR) is 123 cm³/mol. The van der Waals surface area contributed by atoms with Gasteiger partial charge in [-0.3, -0.25) is 19.8 Å². The SMILES string of the molecule is O=C1CCCN1CCCNC(=NCc1ccc([N+](=O)[O-])cc1)NCCCN1CCOCC1. The maximum atomic E-state index is 11.7. The summed E-state index contributed by atoms with van der Waals surface area (Å²) in [4.78, 5) is 31.1. The Morgan fingerprint density at radius 2 is 1.75 bits per heavy atom. The number of carbonyl (C=O) groups excluding carboxylic acids is 1. The summed E-state index contributed by atoms with van der Waals surface area (Å²) in [6.07, 6.45) is 3.48. The van der Waals surface area contributed by atoms with Crippen molar-refractivity contribution < 1.29 is 14.5 Å². The van der Waals surface area contributed by atoms with E-state index in [-0.39, 0.29) is 11.6 Å². The minimum Gasteiger partial charge on any atom is -0.379 e. The lowest BCUT2D eigenvalue weighted by Gasteiger charge is -2.26. The third kappa shape index (κ3) is 8.08. The van der Waals surface area contributed by atoms with Gasteiger partial charge in [-0.25, -0.2) is 4.99 Å². The number of aliphatic imine (C=N–C) groups is 1. The number of benzene rings is 1. The Morgan fingerprint density at radius 3 is 2.38 bits per heavy atom. The maximum absolute atomic E-state index is 11.7. The maximum Gasteiger partial charge on any atom is 0.269 e. The van der Waals surface area contributed by atoms with Crippen LogP contribution < -0.4 is 10.6 Å². The highest BCUT2D eigenvalue weighted by Crippen LogP contribution is 2.12. The first-order chi connectivity index (χ1) is 15.6. The van der Waals surface area contributed by atoms with Gasteiger partial charge in [-0.15, -0.1) is 0 Å². The van der Waals surface area contributed by atoms with Crippen molar-refractivity contribution in [3.63, 3.8) is 0 Å². The van der Waals surface area contributed by atoms with Crippen LogP contribution in [-0.4, -0.2) is 85.6 Å². The number of hydrogen-bond acceptors (Lipinski definition) is 6. The molecule has 32 heavy (non-hydrogen) atoms. The number of ether oxygens (including phenoxy) is 1. The van der Waals surface area contributed by atoms with Gasteiger partial charge in [0.15, 0.2) is 5.96 Å². The number of rotatable bonds is 11. The zero-order valence-electron chi connectivity index (χ0n) is 18.6. The Balaban J connectivity index is 1.46.